The van der Waals surface area contributed by atoms with Crippen molar-refractivity contribution >= 4 is 22.8 Å². The number of hydrogen-bond acceptors (Lipinski definition) is 4. The molecule has 5 nitrogen and oxygen atoms in total. The summed E-state index contributed by atoms with van der Waals surface area (Å²) in [7, 11) is 0. The molecule has 0 atom stereocenters. The van der Waals surface area contributed by atoms with Gasteiger partial charge in [0.15, 0.2) is 6.61 Å². The zero-order chi connectivity index (χ0) is 18.6. The van der Waals surface area contributed by atoms with Crippen LogP contribution in [-0.2, 0) is 22.4 Å². The number of esters is 1. The number of ether oxygens (including phenoxy) is 1. The van der Waals surface area contributed by atoms with Crippen molar-refractivity contribution in [1.82, 2.24) is 10.3 Å². The van der Waals surface area contributed by atoms with E-state index in [9.17, 15) is 9.59 Å². The second-order valence-electron chi connectivity index (χ2n) is 7.61. The molecule has 1 aromatic carbocycles. The molecular weight excluding hydrogens is 340 g/mol. The Morgan fingerprint density at radius 2 is 1.81 bits per heavy atom. The predicted octanol–water partition coefficient (Wildman–Crippen LogP) is 3.72. The number of aromatic nitrogens is 1. The van der Waals surface area contributed by atoms with Gasteiger partial charge in [-0.25, -0.2) is 4.79 Å². The number of pyridine rings is 1. The highest BCUT2D eigenvalue weighted by molar-refractivity contribution is 6.05. The second-order valence-corrected chi connectivity index (χ2v) is 7.61. The molecule has 1 fully saturated rings. The number of para-hydroxylation sites is 1. The fourth-order valence-electron chi connectivity index (χ4n) is 4.34. The van der Waals surface area contributed by atoms with E-state index < -0.39 is 5.97 Å². The third-order valence-electron chi connectivity index (χ3n) is 5.68. The van der Waals surface area contributed by atoms with Crippen molar-refractivity contribution in [2.24, 2.45) is 0 Å². The molecule has 27 heavy (non-hydrogen) atoms. The molecule has 1 saturated carbocycles. The lowest BCUT2D eigenvalue weighted by atomic mass is 10.0. The molecule has 5 heteroatoms. The lowest BCUT2D eigenvalue weighted by molar-refractivity contribution is -0.125. The smallest absolute Gasteiger partial charge is 0.339 e. The van der Waals surface area contributed by atoms with Gasteiger partial charge in [-0.05, 0) is 43.7 Å². The van der Waals surface area contributed by atoms with E-state index in [1.165, 1.54) is 12.8 Å². The lowest BCUT2D eigenvalue weighted by Gasteiger charge is -2.16. The maximum absolute atomic E-state index is 12.8. The van der Waals surface area contributed by atoms with E-state index in [1.807, 2.05) is 24.3 Å². The first-order valence-corrected chi connectivity index (χ1v) is 10.1. The van der Waals surface area contributed by atoms with E-state index in [0.717, 1.165) is 67.1 Å². The quantitative estimate of drug-likeness (QED) is 0.661. The summed E-state index contributed by atoms with van der Waals surface area (Å²) in [5.74, 6) is -0.618. The summed E-state index contributed by atoms with van der Waals surface area (Å²) in [6.07, 6.45) is 9.54. The molecule has 2 aromatic rings. The maximum atomic E-state index is 12.8. The van der Waals surface area contributed by atoms with E-state index >= 15 is 0 Å². The van der Waals surface area contributed by atoms with Crippen LogP contribution in [-0.4, -0.2) is 29.5 Å². The zero-order valence-electron chi connectivity index (χ0n) is 15.6. The first-order valence-electron chi connectivity index (χ1n) is 10.1. The summed E-state index contributed by atoms with van der Waals surface area (Å²) in [6.45, 7) is -0.221. The third-order valence-corrected chi connectivity index (χ3v) is 5.68. The van der Waals surface area contributed by atoms with Crippen LogP contribution in [0.25, 0.3) is 10.9 Å². The standard InChI is InChI=1S/C22H26N2O3/c25-20(23-15-8-3-1-2-4-9-15)14-27-22(26)21-16-10-5-6-12-18(16)24-19-13-7-11-17(19)21/h5-6,10,12,15H,1-4,7-9,11,13-14H2,(H,23,25). The average molecular weight is 366 g/mol. The fourth-order valence-corrected chi connectivity index (χ4v) is 4.34. The molecule has 0 spiro atoms. The number of aryl methyl sites for hydroxylation is 1. The number of nitrogens with one attached hydrogen (secondary N) is 1. The molecule has 0 radical (unpaired) electrons. The van der Waals surface area contributed by atoms with Crippen molar-refractivity contribution in [2.75, 3.05) is 6.61 Å². The molecule has 2 aliphatic rings. The van der Waals surface area contributed by atoms with Gasteiger partial charge in [0.25, 0.3) is 5.91 Å². The summed E-state index contributed by atoms with van der Waals surface area (Å²) in [6, 6.07) is 7.86. The number of amides is 1. The number of nitrogens with zero attached hydrogens (tertiary/aromatic N) is 1. The summed E-state index contributed by atoms with van der Waals surface area (Å²) < 4.78 is 5.42. The highest BCUT2D eigenvalue weighted by Gasteiger charge is 2.25. The van der Waals surface area contributed by atoms with Crippen LogP contribution >= 0.6 is 0 Å². The van der Waals surface area contributed by atoms with Crippen molar-refractivity contribution < 1.29 is 14.3 Å². The molecule has 0 unspecified atom stereocenters. The van der Waals surface area contributed by atoms with Gasteiger partial charge in [0.2, 0.25) is 0 Å². The zero-order valence-corrected chi connectivity index (χ0v) is 15.6. The fraction of sp³-hybridized carbons (Fsp3) is 0.500. The highest BCUT2D eigenvalue weighted by Crippen LogP contribution is 2.30. The van der Waals surface area contributed by atoms with Gasteiger partial charge >= 0.3 is 5.97 Å². The summed E-state index contributed by atoms with van der Waals surface area (Å²) >= 11 is 0. The molecule has 2 aliphatic carbocycles. The van der Waals surface area contributed by atoms with Crippen LogP contribution < -0.4 is 5.32 Å². The average Bonchev–Trinajstić information content (AvgIpc) is 2.99. The molecule has 1 N–H and O–H groups in total. The van der Waals surface area contributed by atoms with E-state index in [0.29, 0.717) is 5.56 Å². The van der Waals surface area contributed by atoms with Gasteiger partial charge in [-0.2, -0.15) is 0 Å². The van der Waals surface area contributed by atoms with E-state index in [2.05, 4.69) is 5.32 Å². The molecule has 4 rings (SSSR count). The van der Waals surface area contributed by atoms with Crippen molar-refractivity contribution in [3.8, 4) is 0 Å². The first-order chi connectivity index (χ1) is 13.2. The number of rotatable bonds is 4. The van der Waals surface area contributed by atoms with Crippen LogP contribution in [0, 0.1) is 0 Å². The Balaban J connectivity index is 1.46. The maximum Gasteiger partial charge on any atom is 0.339 e. The third kappa shape index (κ3) is 3.97. The van der Waals surface area contributed by atoms with Crippen molar-refractivity contribution in [1.29, 1.82) is 0 Å². The number of carbonyl (C=O) groups is 2. The normalized spacial score (nSPS) is 17.3. The number of fused-ring (bicyclic) bond motifs is 2. The van der Waals surface area contributed by atoms with Crippen LogP contribution in [0.5, 0.6) is 0 Å². The topological polar surface area (TPSA) is 68.3 Å². The summed E-state index contributed by atoms with van der Waals surface area (Å²) in [4.78, 5) is 29.8. The SMILES string of the molecule is O=C(COC(=O)c1c2c(nc3ccccc13)CCC2)NC1CCCCCC1. The van der Waals surface area contributed by atoms with Crippen molar-refractivity contribution in [3.63, 3.8) is 0 Å². The lowest BCUT2D eigenvalue weighted by Crippen LogP contribution is -2.37. The molecule has 1 aromatic heterocycles. The molecule has 0 saturated heterocycles. The molecular formula is C22H26N2O3. The predicted molar refractivity (Wildman–Crippen MR) is 104 cm³/mol. The highest BCUT2D eigenvalue weighted by atomic mass is 16.5. The largest absolute Gasteiger partial charge is 0.452 e. The van der Waals surface area contributed by atoms with E-state index in [1.54, 1.807) is 0 Å². The van der Waals surface area contributed by atoms with E-state index in [-0.39, 0.29) is 18.6 Å². The minimum absolute atomic E-state index is 0.203. The minimum Gasteiger partial charge on any atom is -0.452 e. The van der Waals surface area contributed by atoms with Gasteiger partial charge in [-0.3, -0.25) is 9.78 Å². The van der Waals surface area contributed by atoms with Crippen LogP contribution in [0.4, 0.5) is 0 Å². The van der Waals surface area contributed by atoms with Gasteiger partial charge in [0, 0.05) is 17.1 Å². The van der Waals surface area contributed by atoms with Crippen LogP contribution in [0.3, 0.4) is 0 Å². The summed E-state index contributed by atoms with van der Waals surface area (Å²) in [5.41, 5.74) is 3.38. The number of hydrogen-bond donors (Lipinski definition) is 1. The molecule has 0 aliphatic heterocycles. The molecule has 1 amide bonds. The van der Waals surface area contributed by atoms with Gasteiger partial charge in [0.1, 0.15) is 0 Å². The van der Waals surface area contributed by atoms with Crippen molar-refractivity contribution in [2.45, 2.75) is 63.8 Å². The van der Waals surface area contributed by atoms with Crippen LogP contribution in [0.1, 0.15) is 66.6 Å². The van der Waals surface area contributed by atoms with Gasteiger partial charge in [0.05, 0.1) is 11.1 Å². The molecule has 142 valence electrons. The Hall–Kier alpha value is -2.43. The Labute approximate surface area is 159 Å². The second kappa shape index (κ2) is 8.07. The van der Waals surface area contributed by atoms with Crippen LogP contribution in [0.15, 0.2) is 24.3 Å². The van der Waals surface area contributed by atoms with Gasteiger partial charge in [-0.15, -0.1) is 0 Å². The number of carbonyl (C=O) groups excluding carboxylic acids is 2. The summed E-state index contributed by atoms with van der Waals surface area (Å²) in [5, 5.41) is 3.84. The Morgan fingerprint density at radius 1 is 1.04 bits per heavy atom. The van der Waals surface area contributed by atoms with Gasteiger partial charge < -0.3 is 10.1 Å². The van der Waals surface area contributed by atoms with Gasteiger partial charge in [-0.1, -0.05) is 43.9 Å². The molecule has 1 heterocycles. The van der Waals surface area contributed by atoms with Crippen molar-refractivity contribution in [3.05, 3.63) is 41.1 Å². The minimum atomic E-state index is -0.414. The van der Waals surface area contributed by atoms with E-state index in [4.69, 9.17) is 9.72 Å². The Morgan fingerprint density at radius 3 is 2.63 bits per heavy atom. The monoisotopic (exact) mass is 366 g/mol. The first kappa shape index (κ1) is 18.0. The molecule has 0 bridgehead atoms. The number of benzene rings is 1. The Kier molecular flexibility index (Phi) is 5.37. The Bertz CT molecular complexity index is 854. The van der Waals surface area contributed by atoms with Crippen LogP contribution in [0.2, 0.25) is 0 Å².